The van der Waals surface area contributed by atoms with Crippen LogP contribution in [0.5, 0.6) is 0 Å². The molecule has 0 aliphatic heterocycles. The number of carbonyl (C=O) groups excluding carboxylic acids is 1. The molecule has 0 unspecified atom stereocenters. The molecule has 98 valence electrons. The van der Waals surface area contributed by atoms with E-state index in [1.165, 1.54) is 6.08 Å². The molecule has 0 atom stereocenters. The molecule has 2 nitrogen and oxygen atoms in total. The maximum absolute atomic E-state index is 11.5. The van der Waals surface area contributed by atoms with Crippen molar-refractivity contribution in [3.05, 3.63) is 39.9 Å². The third kappa shape index (κ3) is 5.56. The third-order valence-electron chi connectivity index (χ3n) is 2.45. The van der Waals surface area contributed by atoms with Crippen LogP contribution in [0.1, 0.15) is 31.7 Å². The molecular weight excluding hydrogens is 269 g/mol. The molecule has 0 aliphatic rings. The summed E-state index contributed by atoms with van der Waals surface area (Å²) in [7, 11) is 0. The predicted octanol–water partition coefficient (Wildman–Crippen LogP) is 4.31. The summed E-state index contributed by atoms with van der Waals surface area (Å²) >= 11 is 11.7. The number of nitrogens with one attached hydrogen (secondary N) is 1. The Morgan fingerprint density at radius 2 is 2.06 bits per heavy atom. The molecule has 1 amide bonds. The van der Waals surface area contributed by atoms with Crippen molar-refractivity contribution >= 4 is 35.2 Å². The Morgan fingerprint density at radius 3 is 2.72 bits per heavy atom. The number of amides is 1. The van der Waals surface area contributed by atoms with E-state index in [4.69, 9.17) is 23.2 Å². The summed E-state index contributed by atoms with van der Waals surface area (Å²) in [6, 6.07) is 5.25. The summed E-state index contributed by atoms with van der Waals surface area (Å²) < 4.78 is 0. The molecule has 0 spiro atoms. The van der Waals surface area contributed by atoms with Gasteiger partial charge in [0.1, 0.15) is 0 Å². The standard InChI is InChI=1S/C14H17Cl2NO/c1-2-3-4-9-17-14(18)8-6-11-5-7-12(15)13(16)10-11/h5-8,10H,2-4,9H2,1H3,(H,17,18)/b8-6+. The smallest absolute Gasteiger partial charge is 0.243 e. The van der Waals surface area contributed by atoms with Gasteiger partial charge in [-0.2, -0.15) is 0 Å². The van der Waals surface area contributed by atoms with Gasteiger partial charge >= 0.3 is 0 Å². The first kappa shape index (κ1) is 15.1. The highest BCUT2D eigenvalue weighted by Gasteiger charge is 1.98. The lowest BCUT2D eigenvalue weighted by molar-refractivity contribution is -0.116. The van der Waals surface area contributed by atoms with Crippen LogP contribution in [0.3, 0.4) is 0 Å². The zero-order chi connectivity index (χ0) is 13.4. The molecule has 0 heterocycles. The van der Waals surface area contributed by atoms with Gasteiger partial charge in [0.05, 0.1) is 10.0 Å². The number of rotatable bonds is 6. The van der Waals surface area contributed by atoms with Crippen LogP contribution in [0.15, 0.2) is 24.3 Å². The fraction of sp³-hybridized carbons (Fsp3) is 0.357. The summed E-state index contributed by atoms with van der Waals surface area (Å²) in [6.07, 6.45) is 6.53. The number of carbonyl (C=O) groups is 1. The quantitative estimate of drug-likeness (QED) is 0.612. The van der Waals surface area contributed by atoms with Gasteiger partial charge in [0.25, 0.3) is 0 Å². The second kappa shape index (κ2) is 8.17. The van der Waals surface area contributed by atoms with Crippen LogP contribution in [0.2, 0.25) is 10.0 Å². The molecule has 18 heavy (non-hydrogen) atoms. The second-order valence-electron chi connectivity index (χ2n) is 4.01. The van der Waals surface area contributed by atoms with Crippen molar-refractivity contribution in [1.29, 1.82) is 0 Å². The maximum atomic E-state index is 11.5. The van der Waals surface area contributed by atoms with E-state index in [0.717, 1.165) is 31.4 Å². The molecule has 0 aromatic heterocycles. The molecule has 4 heteroatoms. The number of halogens is 2. The SMILES string of the molecule is CCCCCNC(=O)/C=C/c1ccc(Cl)c(Cl)c1. The first-order valence-electron chi connectivity index (χ1n) is 6.04. The predicted molar refractivity (Wildman–Crippen MR) is 78.0 cm³/mol. The van der Waals surface area contributed by atoms with Crippen LogP contribution in [-0.2, 0) is 4.79 Å². The number of hydrogen-bond donors (Lipinski definition) is 1. The van der Waals surface area contributed by atoms with Crippen molar-refractivity contribution in [3.8, 4) is 0 Å². The fourth-order valence-corrected chi connectivity index (χ4v) is 1.74. The van der Waals surface area contributed by atoms with Gasteiger partial charge in [-0.25, -0.2) is 0 Å². The lowest BCUT2D eigenvalue weighted by atomic mass is 10.2. The van der Waals surface area contributed by atoms with Crippen molar-refractivity contribution in [3.63, 3.8) is 0 Å². The average Bonchev–Trinajstić information content (AvgIpc) is 2.36. The Labute approximate surface area is 118 Å². The van der Waals surface area contributed by atoms with Crippen molar-refractivity contribution < 1.29 is 4.79 Å². The van der Waals surface area contributed by atoms with Gasteiger partial charge in [-0.05, 0) is 30.2 Å². The van der Waals surface area contributed by atoms with Crippen LogP contribution in [0.25, 0.3) is 6.08 Å². The average molecular weight is 286 g/mol. The molecule has 1 aromatic rings. The molecule has 0 saturated carbocycles. The number of hydrogen-bond acceptors (Lipinski definition) is 1. The van der Waals surface area contributed by atoms with Gasteiger partial charge < -0.3 is 5.32 Å². The monoisotopic (exact) mass is 285 g/mol. The van der Waals surface area contributed by atoms with E-state index in [-0.39, 0.29) is 5.91 Å². The lowest BCUT2D eigenvalue weighted by Gasteiger charge is -2.01. The highest BCUT2D eigenvalue weighted by Crippen LogP contribution is 2.22. The topological polar surface area (TPSA) is 29.1 Å². The minimum Gasteiger partial charge on any atom is -0.353 e. The Balaban J connectivity index is 2.43. The van der Waals surface area contributed by atoms with Gasteiger partial charge in [-0.1, -0.05) is 49.0 Å². The van der Waals surface area contributed by atoms with E-state index in [2.05, 4.69) is 12.2 Å². The molecule has 1 rings (SSSR count). The zero-order valence-electron chi connectivity index (χ0n) is 10.4. The van der Waals surface area contributed by atoms with Crippen LogP contribution < -0.4 is 5.32 Å². The summed E-state index contributed by atoms with van der Waals surface area (Å²) in [4.78, 5) is 11.5. The first-order chi connectivity index (χ1) is 8.63. The third-order valence-corrected chi connectivity index (χ3v) is 3.19. The Hall–Kier alpha value is -0.990. The summed E-state index contributed by atoms with van der Waals surface area (Å²) in [6.45, 7) is 2.85. The van der Waals surface area contributed by atoms with Crippen LogP contribution in [0.4, 0.5) is 0 Å². The van der Waals surface area contributed by atoms with E-state index in [9.17, 15) is 4.79 Å². The van der Waals surface area contributed by atoms with Crippen LogP contribution in [-0.4, -0.2) is 12.5 Å². The molecule has 0 radical (unpaired) electrons. The van der Waals surface area contributed by atoms with E-state index in [1.54, 1.807) is 18.2 Å². The summed E-state index contributed by atoms with van der Waals surface area (Å²) in [5.74, 6) is -0.0859. The minimum absolute atomic E-state index is 0.0859. The fourth-order valence-electron chi connectivity index (χ4n) is 1.43. The van der Waals surface area contributed by atoms with E-state index in [0.29, 0.717) is 10.0 Å². The van der Waals surface area contributed by atoms with Crippen molar-refractivity contribution in [2.45, 2.75) is 26.2 Å². The Morgan fingerprint density at radius 1 is 1.28 bits per heavy atom. The molecule has 0 aliphatic carbocycles. The highest BCUT2D eigenvalue weighted by atomic mass is 35.5. The van der Waals surface area contributed by atoms with Crippen molar-refractivity contribution in [1.82, 2.24) is 5.32 Å². The van der Waals surface area contributed by atoms with Crippen LogP contribution in [0, 0.1) is 0 Å². The van der Waals surface area contributed by atoms with Gasteiger partial charge in [0, 0.05) is 12.6 Å². The molecule has 1 aromatic carbocycles. The van der Waals surface area contributed by atoms with Gasteiger partial charge in [-0.3, -0.25) is 4.79 Å². The number of benzene rings is 1. The van der Waals surface area contributed by atoms with Crippen molar-refractivity contribution in [2.24, 2.45) is 0 Å². The molecule has 0 saturated heterocycles. The lowest BCUT2D eigenvalue weighted by Crippen LogP contribution is -2.21. The highest BCUT2D eigenvalue weighted by molar-refractivity contribution is 6.42. The van der Waals surface area contributed by atoms with Crippen LogP contribution >= 0.6 is 23.2 Å². The molecule has 0 bridgehead atoms. The molecule has 1 N–H and O–H groups in total. The van der Waals surface area contributed by atoms with E-state index < -0.39 is 0 Å². The molecular formula is C14H17Cl2NO. The maximum Gasteiger partial charge on any atom is 0.243 e. The normalized spacial score (nSPS) is 10.8. The first-order valence-corrected chi connectivity index (χ1v) is 6.80. The van der Waals surface area contributed by atoms with Gasteiger partial charge in [-0.15, -0.1) is 0 Å². The van der Waals surface area contributed by atoms with Gasteiger partial charge in [0.15, 0.2) is 0 Å². The minimum atomic E-state index is -0.0859. The van der Waals surface area contributed by atoms with Gasteiger partial charge in [0.2, 0.25) is 5.91 Å². The zero-order valence-corrected chi connectivity index (χ0v) is 11.9. The number of unbranched alkanes of at least 4 members (excludes halogenated alkanes) is 2. The van der Waals surface area contributed by atoms with Crippen molar-refractivity contribution in [2.75, 3.05) is 6.54 Å². The Kier molecular flexibility index (Phi) is 6.84. The summed E-state index contributed by atoms with van der Waals surface area (Å²) in [5.41, 5.74) is 0.855. The second-order valence-corrected chi connectivity index (χ2v) is 4.82. The molecule has 0 fully saturated rings. The summed E-state index contributed by atoms with van der Waals surface area (Å²) in [5, 5.41) is 3.83. The largest absolute Gasteiger partial charge is 0.353 e. The van der Waals surface area contributed by atoms with E-state index >= 15 is 0 Å². The van der Waals surface area contributed by atoms with E-state index in [1.807, 2.05) is 6.07 Å². The Bertz CT molecular complexity index is 430.